The quantitative estimate of drug-likeness (QED) is 0.227. The Morgan fingerprint density at radius 3 is 2.11 bits per heavy atom. The van der Waals surface area contributed by atoms with Crippen molar-refractivity contribution < 1.29 is 35.5 Å². The summed E-state index contributed by atoms with van der Waals surface area (Å²) in [4.78, 5) is 13.1. The molecule has 0 fully saturated rings. The van der Waals surface area contributed by atoms with Gasteiger partial charge in [0.25, 0.3) is 5.91 Å². The standard InChI is InChI=1S/C24H18F7N3O/c1-5-33-12(4)14(15-8-10(2)6-7-16(15)33)9-13-11(3)32-34(23(13)35)22-20(27)18(25)17(24(29,30)31)19(26)21(22)28/h6-9H,5H2,1-4H3/b13-9+. The van der Waals surface area contributed by atoms with Gasteiger partial charge in [-0.15, -0.1) is 0 Å². The number of carbonyl (C=O) groups excluding carboxylic acids is 1. The molecule has 2 heterocycles. The van der Waals surface area contributed by atoms with E-state index >= 15 is 0 Å². The van der Waals surface area contributed by atoms with E-state index in [0.717, 1.165) is 22.2 Å². The van der Waals surface area contributed by atoms with Crippen molar-refractivity contribution in [1.29, 1.82) is 0 Å². The topological polar surface area (TPSA) is 37.6 Å². The van der Waals surface area contributed by atoms with Crippen LogP contribution in [-0.2, 0) is 17.5 Å². The van der Waals surface area contributed by atoms with Crippen LogP contribution in [0.15, 0.2) is 28.9 Å². The van der Waals surface area contributed by atoms with Crippen LogP contribution in [-0.4, -0.2) is 16.2 Å². The van der Waals surface area contributed by atoms with Crippen molar-refractivity contribution in [2.75, 3.05) is 5.01 Å². The third-order valence-corrected chi connectivity index (χ3v) is 5.93. The number of hydrogen-bond acceptors (Lipinski definition) is 2. The van der Waals surface area contributed by atoms with Gasteiger partial charge in [0.1, 0.15) is 11.3 Å². The van der Waals surface area contributed by atoms with Crippen molar-refractivity contribution in [2.24, 2.45) is 5.10 Å². The number of anilines is 1. The van der Waals surface area contributed by atoms with Gasteiger partial charge in [0, 0.05) is 28.7 Å². The fourth-order valence-electron chi connectivity index (χ4n) is 4.25. The lowest BCUT2D eigenvalue weighted by Crippen LogP contribution is -2.26. The van der Waals surface area contributed by atoms with E-state index in [1.807, 2.05) is 43.5 Å². The molecule has 11 heteroatoms. The Kier molecular flexibility index (Phi) is 5.77. The average molecular weight is 497 g/mol. The monoisotopic (exact) mass is 497 g/mol. The fraction of sp³-hybridized carbons (Fsp3) is 0.250. The highest BCUT2D eigenvalue weighted by atomic mass is 19.4. The minimum absolute atomic E-state index is 0.0394. The van der Waals surface area contributed by atoms with Crippen molar-refractivity contribution in [3.63, 3.8) is 0 Å². The molecule has 0 saturated heterocycles. The number of hydrogen-bond donors (Lipinski definition) is 0. The van der Waals surface area contributed by atoms with Gasteiger partial charge in [0.05, 0.1) is 11.3 Å². The number of amides is 1. The molecule has 0 bridgehead atoms. The first-order valence-corrected chi connectivity index (χ1v) is 10.4. The molecule has 1 aliphatic heterocycles. The highest BCUT2D eigenvalue weighted by Gasteiger charge is 2.45. The van der Waals surface area contributed by atoms with Crippen LogP contribution in [0.4, 0.5) is 36.4 Å². The van der Waals surface area contributed by atoms with Gasteiger partial charge in [-0.1, -0.05) is 11.6 Å². The van der Waals surface area contributed by atoms with Crippen LogP contribution < -0.4 is 5.01 Å². The number of rotatable bonds is 3. The summed E-state index contributed by atoms with van der Waals surface area (Å²) in [7, 11) is 0. The van der Waals surface area contributed by atoms with E-state index in [4.69, 9.17) is 0 Å². The van der Waals surface area contributed by atoms with E-state index in [9.17, 15) is 35.5 Å². The number of benzene rings is 2. The van der Waals surface area contributed by atoms with E-state index < -0.39 is 46.6 Å². The van der Waals surface area contributed by atoms with Crippen LogP contribution in [0.5, 0.6) is 0 Å². The Labute approximate surface area is 194 Å². The summed E-state index contributed by atoms with van der Waals surface area (Å²) in [5, 5.41) is 4.53. The van der Waals surface area contributed by atoms with E-state index in [-0.39, 0.29) is 16.3 Å². The third-order valence-electron chi connectivity index (χ3n) is 5.93. The zero-order chi connectivity index (χ0) is 26.0. The summed E-state index contributed by atoms with van der Waals surface area (Å²) in [5.41, 5.74) is -1.34. The number of nitrogens with zero attached hydrogens (tertiary/aromatic N) is 3. The lowest BCUT2D eigenvalue weighted by atomic mass is 10.0. The maximum Gasteiger partial charge on any atom is 0.422 e. The van der Waals surface area contributed by atoms with E-state index in [1.54, 1.807) is 0 Å². The largest absolute Gasteiger partial charge is 0.422 e. The lowest BCUT2D eigenvalue weighted by molar-refractivity contribution is -0.143. The van der Waals surface area contributed by atoms with Gasteiger partial charge in [0.15, 0.2) is 23.3 Å². The van der Waals surface area contributed by atoms with Crippen molar-refractivity contribution in [3.05, 3.63) is 69.4 Å². The van der Waals surface area contributed by atoms with Crippen LogP contribution in [0.2, 0.25) is 0 Å². The first-order chi connectivity index (χ1) is 16.3. The van der Waals surface area contributed by atoms with Crippen LogP contribution in [0.3, 0.4) is 0 Å². The number of alkyl halides is 3. The number of aryl methyl sites for hydroxylation is 2. The normalized spacial score (nSPS) is 15.6. The average Bonchev–Trinajstić information content (AvgIpc) is 3.19. The van der Waals surface area contributed by atoms with E-state index in [0.29, 0.717) is 12.1 Å². The van der Waals surface area contributed by atoms with Crippen molar-refractivity contribution >= 4 is 34.3 Å². The second kappa shape index (κ2) is 8.24. The van der Waals surface area contributed by atoms with Crippen LogP contribution in [0.25, 0.3) is 17.0 Å². The Morgan fingerprint density at radius 1 is 0.971 bits per heavy atom. The molecule has 2 aromatic carbocycles. The molecule has 1 amide bonds. The Morgan fingerprint density at radius 2 is 1.57 bits per heavy atom. The van der Waals surface area contributed by atoms with Gasteiger partial charge in [-0.3, -0.25) is 4.79 Å². The number of fused-ring (bicyclic) bond motifs is 1. The second-order valence-electron chi connectivity index (χ2n) is 8.10. The van der Waals surface area contributed by atoms with Crippen molar-refractivity contribution in [1.82, 2.24) is 4.57 Å². The second-order valence-corrected chi connectivity index (χ2v) is 8.10. The molecule has 3 aromatic rings. The Hall–Kier alpha value is -3.63. The van der Waals surface area contributed by atoms with Crippen molar-refractivity contribution in [2.45, 2.75) is 40.4 Å². The maximum atomic E-state index is 14.5. The third kappa shape index (κ3) is 3.69. The van der Waals surface area contributed by atoms with Crippen LogP contribution in [0, 0.1) is 37.1 Å². The molecule has 0 radical (unpaired) electrons. The van der Waals surface area contributed by atoms with Gasteiger partial charge in [-0.25, -0.2) is 17.6 Å². The minimum atomic E-state index is -5.70. The van der Waals surface area contributed by atoms with E-state index in [1.165, 1.54) is 13.0 Å². The Bertz CT molecular complexity index is 1440. The maximum absolute atomic E-state index is 14.5. The lowest BCUT2D eigenvalue weighted by Gasteiger charge is -2.18. The summed E-state index contributed by atoms with van der Waals surface area (Å²) in [6.45, 7) is 7.56. The molecule has 4 nitrogen and oxygen atoms in total. The molecule has 1 aliphatic rings. The van der Waals surface area contributed by atoms with Gasteiger partial charge >= 0.3 is 6.18 Å². The zero-order valence-electron chi connectivity index (χ0n) is 18.9. The van der Waals surface area contributed by atoms with E-state index in [2.05, 4.69) is 5.10 Å². The summed E-state index contributed by atoms with van der Waals surface area (Å²) in [6.07, 6.45) is -4.26. The predicted octanol–water partition coefficient (Wildman–Crippen LogP) is 6.66. The van der Waals surface area contributed by atoms with Crippen molar-refractivity contribution in [3.8, 4) is 0 Å². The van der Waals surface area contributed by atoms with Gasteiger partial charge in [0.2, 0.25) is 0 Å². The Balaban J connectivity index is 1.88. The SMILES string of the molecule is CCn1c(C)c(/C=C2/C(=O)N(c3c(F)c(F)c(C(F)(F)F)c(F)c3F)N=C2C)c2cc(C)ccc21. The van der Waals surface area contributed by atoms with Crippen LogP contribution >= 0.6 is 0 Å². The van der Waals surface area contributed by atoms with Gasteiger partial charge in [-0.2, -0.15) is 23.3 Å². The molecule has 0 unspecified atom stereocenters. The molecule has 0 aliphatic carbocycles. The molecule has 0 N–H and O–H groups in total. The first-order valence-electron chi connectivity index (χ1n) is 10.4. The minimum Gasteiger partial charge on any atom is -0.345 e. The summed E-state index contributed by atoms with van der Waals surface area (Å²) >= 11 is 0. The summed E-state index contributed by atoms with van der Waals surface area (Å²) < 4.78 is 98.1. The predicted molar refractivity (Wildman–Crippen MR) is 117 cm³/mol. The summed E-state index contributed by atoms with van der Waals surface area (Å²) in [5.74, 6) is -11.2. The molecule has 0 atom stereocenters. The molecule has 0 spiro atoms. The number of carbonyl (C=O) groups is 1. The van der Waals surface area contributed by atoms with Gasteiger partial charge < -0.3 is 4.57 Å². The summed E-state index contributed by atoms with van der Waals surface area (Å²) in [6, 6.07) is 5.72. The molecule has 4 rings (SSSR count). The molecular weight excluding hydrogens is 479 g/mol. The molecule has 1 aromatic heterocycles. The number of halogens is 7. The molecular formula is C24H18F7N3O. The fourth-order valence-corrected chi connectivity index (χ4v) is 4.25. The highest BCUT2D eigenvalue weighted by Crippen LogP contribution is 2.41. The number of aromatic nitrogens is 1. The zero-order valence-corrected chi connectivity index (χ0v) is 18.9. The smallest absolute Gasteiger partial charge is 0.345 e. The van der Waals surface area contributed by atoms with Gasteiger partial charge in [-0.05, 0) is 45.9 Å². The van der Waals surface area contributed by atoms with Crippen LogP contribution in [0.1, 0.15) is 36.2 Å². The number of hydrazone groups is 1. The highest BCUT2D eigenvalue weighted by molar-refractivity contribution is 6.32. The molecule has 184 valence electrons. The molecule has 35 heavy (non-hydrogen) atoms. The molecule has 0 saturated carbocycles. The first kappa shape index (κ1) is 24.5.